The number of rotatable bonds is 3. The first-order chi connectivity index (χ1) is 14.1. The monoisotopic (exact) mass is 396 g/mol. The number of hydrogen-bond donors (Lipinski definition) is 0. The summed E-state index contributed by atoms with van der Waals surface area (Å²) >= 11 is 0. The lowest BCUT2D eigenvalue weighted by Crippen LogP contribution is -2.81. The molecule has 0 amide bonds. The van der Waals surface area contributed by atoms with Crippen LogP contribution in [-0.2, 0) is 34.4 Å². The molecule has 6 bridgehead atoms. The molecule has 8 heteroatoms. The first-order valence-corrected chi connectivity index (χ1v) is 9.37. The standard InChI is InChI=1S/C21H16O8/c22-19(11-7-3-1-4-8-11)24-13-16-14-18-15(26-20(23)25-14)17(13)28-21(27-16,29-18)12-9-5-2-6-10-12/h1-10,13-18H/t13?,14-,15+,16+,17-,18?,21?. The van der Waals surface area contributed by atoms with Crippen LogP contribution in [0.3, 0.4) is 0 Å². The summed E-state index contributed by atoms with van der Waals surface area (Å²) in [5, 5.41) is 0. The minimum absolute atomic E-state index is 0.401. The van der Waals surface area contributed by atoms with E-state index < -0.39 is 54.7 Å². The minimum atomic E-state index is -1.46. The molecular weight excluding hydrogens is 380 g/mol. The van der Waals surface area contributed by atoms with Gasteiger partial charge in [-0.3, -0.25) is 0 Å². The van der Waals surface area contributed by atoms with Crippen LogP contribution < -0.4 is 0 Å². The number of ether oxygens (including phenoxy) is 6. The molecule has 0 spiro atoms. The van der Waals surface area contributed by atoms with E-state index in [1.54, 1.807) is 24.3 Å². The number of hydrogen-bond acceptors (Lipinski definition) is 8. The summed E-state index contributed by atoms with van der Waals surface area (Å²) in [7, 11) is 0. The van der Waals surface area contributed by atoms with Crippen LogP contribution in [0.15, 0.2) is 60.7 Å². The number of carbonyl (C=O) groups is 2. The Morgan fingerprint density at radius 2 is 1.31 bits per heavy atom. The maximum atomic E-state index is 12.7. The predicted octanol–water partition coefficient (Wildman–Crippen LogP) is 2.12. The maximum Gasteiger partial charge on any atom is 0.509 e. The molecule has 2 aromatic carbocycles. The fraction of sp³-hybridized carbons (Fsp3) is 0.333. The summed E-state index contributed by atoms with van der Waals surface area (Å²) in [6, 6.07) is 17.8. The van der Waals surface area contributed by atoms with Gasteiger partial charge >= 0.3 is 18.1 Å². The van der Waals surface area contributed by atoms with E-state index in [1.807, 2.05) is 36.4 Å². The Bertz CT molecular complexity index is 935. The van der Waals surface area contributed by atoms with Crippen molar-refractivity contribution < 1.29 is 38.0 Å². The lowest BCUT2D eigenvalue weighted by Gasteiger charge is -2.62. The van der Waals surface area contributed by atoms with Gasteiger partial charge in [0.05, 0.1) is 5.56 Å². The summed E-state index contributed by atoms with van der Waals surface area (Å²) in [5.74, 6) is -1.98. The molecule has 0 aromatic heterocycles. The van der Waals surface area contributed by atoms with Crippen LogP contribution in [-0.4, -0.2) is 48.7 Å². The van der Waals surface area contributed by atoms with Gasteiger partial charge in [0.2, 0.25) is 0 Å². The van der Waals surface area contributed by atoms with E-state index in [9.17, 15) is 9.59 Å². The first-order valence-electron chi connectivity index (χ1n) is 9.37. The average Bonchev–Trinajstić information content (AvgIpc) is 2.76. The quantitative estimate of drug-likeness (QED) is 0.729. The van der Waals surface area contributed by atoms with Gasteiger partial charge in [-0.1, -0.05) is 48.5 Å². The smallest absolute Gasteiger partial charge is 0.453 e. The minimum Gasteiger partial charge on any atom is -0.453 e. The second kappa shape index (κ2) is 6.03. The van der Waals surface area contributed by atoms with Gasteiger partial charge in [0.1, 0.15) is 18.3 Å². The molecule has 1 aliphatic carbocycles. The molecule has 1 saturated carbocycles. The SMILES string of the molecule is O=C1O[C@@H]2C3OC4(c5ccccc5)O[C@@H]2C(OC(=O)c2ccccc2)[C@H](O4)[C@H]3O1. The largest absolute Gasteiger partial charge is 0.509 e. The van der Waals surface area contributed by atoms with Gasteiger partial charge in [-0.15, -0.1) is 0 Å². The molecule has 7 rings (SSSR count). The summed E-state index contributed by atoms with van der Waals surface area (Å²) in [6.07, 6.45) is -5.23. The highest BCUT2D eigenvalue weighted by Gasteiger charge is 2.73. The topological polar surface area (TPSA) is 89.5 Å². The van der Waals surface area contributed by atoms with Gasteiger partial charge in [0, 0.05) is 5.56 Å². The van der Waals surface area contributed by atoms with Crippen molar-refractivity contribution in [2.75, 3.05) is 0 Å². The molecule has 7 atom stereocenters. The molecule has 4 heterocycles. The lowest BCUT2D eigenvalue weighted by molar-refractivity contribution is -0.553. The fourth-order valence-electron chi connectivity index (χ4n) is 4.41. The molecule has 148 valence electrons. The van der Waals surface area contributed by atoms with Crippen molar-refractivity contribution in [3.8, 4) is 0 Å². The van der Waals surface area contributed by atoms with E-state index in [1.165, 1.54) is 0 Å². The normalized spacial score (nSPS) is 38.8. The molecule has 4 saturated heterocycles. The number of carbonyl (C=O) groups excluding carboxylic acids is 2. The van der Waals surface area contributed by atoms with Gasteiger partial charge in [-0.05, 0) is 12.1 Å². The molecule has 2 aromatic rings. The highest BCUT2D eigenvalue weighted by Crippen LogP contribution is 2.53. The van der Waals surface area contributed by atoms with Gasteiger partial charge in [-0.2, -0.15) is 0 Å². The second-order valence-corrected chi connectivity index (χ2v) is 7.32. The van der Waals surface area contributed by atoms with Crippen LogP contribution in [0.2, 0.25) is 0 Å². The predicted molar refractivity (Wildman–Crippen MR) is 93.5 cm³/mol. The third-order valence-electron chi connectivity index (χ3n) is 5.66. The second-order valence-electron chi connectivity index (χ2n) is 7.32. The Morgan fingerprint density at radius 1 is 0.759 bits per heavy atom. The van der Waals surface area contributed by atoms with Gasteiger partial charge in [-0.25, -0.2) is 9.59 Å². The molecule has 5 aliphatic rings. The zero-order valence-corrected chi connectivity index (χ0v) is 15.0. The summed E-state index contributed by atoms with van der Waals surface area (Å²) in [5.41, 5.74) is 1.06. The van der Waals surface area contributed by atoms with E-state index >= 15 is 0 Å². The highest BCUT2D eigenvalue weighted by molar-refractivity contribution is 5.89. The van der Waals surface area contributed by atoms with Crippen molar-refractivity contribution in [3.05, 3.63) is 71.8 Å². The van der Waals surface area contributed by atoms with Crippen molar-refractivity contribution in [2.24, 2.45) is 0 Å². The molecule has 0 N–H and O–H groups in total. The molecular formula is C21H16O8. The average molecular weight is 396 g/mol. The van der Waals surface area contributed by atoms with Crippen LogP contribution in [0.4, 0.5) is 4.79 Å². The lowest BCUT2D eigenvalue weighted by atomic mass is 9.80. The van der Waals surface area contributed by atoms with E-state index in [0.717, 1.165) is 0 Å². The zero-order valence-electron chi connectivity index (χ0n) is 15.0. The van der Waals surface area contributed by atoms with Gasteiger partial charge in [0.15, 0.2) is 18.3 Å². The molecule has 4 aliphatic heterocycles. The van der Waals surface area contributed by atoms with Gasteiger partial charge in [0.25, 0.3) is 0 Å². The third-order valence-corrected chi connectivity index (χ3v) is 5.66. The molecule has 5 fully saturated rings. The number of benzene rings is 2. The van der Waals surface area contributed by atoms with Crippen LogP contribution in [0, 0.1) is 0 Å². The zero-order chi connectivity index (χ0) is 19.6. The Balaban J connectivity index is 1.36. The van der Waals surface area contributed by atoms with Crippen LogP contribution >= 0.6 is 0 Å². The Labute approximate surface area is 165 Å². The van der Waals surface area contributed by atoms with Crippen LogP contribution in [0.1, 0.15) is 15.9 Å². The van der Waals surface area contributed by atoms with E-state index in [4.69, 9.17) is 28.4 Å². The third kappa shape index (κ3) is 2.43. The Hall–Kier alpha value is -2.94. The number of esters is 1. The summed E-state index contributed by atoms with van der Waals surface area (Å²) < 4.78 is 34.7. The van der Waals surface area contributed by atoms with Crippen molar-refractivity contribution in [1.82, 2.24) is 0 Å². The molecule has 0 radical (unpaired) electrons. The molecule has 3 unspecified atom stereocenters. The van der Waals surface area contributed by atoms with E-state index in [-0.39, 0.29) is 0 Å². The van der Waals surface area contributed by atoms with Crippen molar-refractivity contribution >= 4 is 12.1 Å². The van der Waals surface area contributed by atoms with Crippen LogP contribution in [0.5, 0.6) is 0 Å². The van der Waals surface area contributed by atoms with E-state index in [2.05, 4.69) is 0 Å². The summed E-state index contributed by atoms with van der Waals surface area (Å²) in [6.45, 7) is 0. The highest BCUT2D eigenvalue weighted by atomic mass is 16.9. The van der Waals surface area contributed by atoms with Gasteiger partial charge < -0.3 is 28.4 Å². The Morgan fingerprint density at radius 3 is 1.93 bits per heavy atom. The van der Waals surface area contributed by atoms with Crippen molar-refractivity contribution in [2.45, 2.75) is 42.6 Å². The Kier molecular flexibility index (Phi) is 3.53. The van der Waals surface area contributed by atoms with E-state index in [0.29, 0.717) is 11.1 Å². The van der Waals surface area contributed by atoms with Crippen molar-refractivity contribution in [1.29, 1.82) is 0 Å². The molecule has 29 heavy (non-hydrogen) atoms. The fourth-order valence-corrected chi connectivity index (χ4v) is 4.41. The van der Waals surface area contributed by atoms with Crippen LogP contribution in [0.25, 0.3) is 0 Å². The summed E-state index contributed by atoms with van der Waals surface area (Å²) in [4.78, 5) is 24.5. The van der Waals surface area contributed by atoms with Crippen molar-refractivity contribution in [3.63, 3.8) is 0 Å². The maximum absolute atomic E-state index is 12.7. The first kappa shape index (κ1) is 17.0. The molecule has 8 nitrogen and oxygen atoms in total.